The van der Waals surface area contributed by atoms with Gasteiger partial charge in [0.2, 0.25) is 5.91 Å². The number of anilines is 1. The van der Waals surface area contributed by atoms with Gasteiger partial charge in [-0.3, -0.25) is 9.69 Å². The van der Waals surface area contributed by atoms with Crippen molar-refractivity contribution < 1.29 is 4.79 Å². The van der Waals surface area contributed by atoms with Crippen LogP contribution in [-0.2, 0) is 4.79 Å². The van der Waals surface area contributed by atoms with E-state index in [9.17, 15) is 4.79 Å². The third-order valence-electron chi connectivity index (χ3n) is 3.31. The second-order valence-electron chi connectivity index (χ2n) is 5.16. The lowest BCUT2D eigenvalue weighted by molar-refractivity contribution is -0.117. The van der Waals surface area contributed by atoms with Gasteiger partial charge in [0.25, 0.3) is 0 Å². The van der Waals surface area contributed by atoms with Gasteiger partial charge in [0, 0.05) is 21.5 Å². The van der Waals surface area contributed by atoms with Crippen LogP contribution >= 0.6 is 31.9 Å². The highest BCUT2D eigenvalue weighted by Gasteiger charge is 2.17. The Labute approximate surface area is 136 Å². The molecule has 0 aliphatic carbocycles. The molecule has 0 radical (unpaired) electrons. The van der Waals surface area contributed by atoms with E-state index in [-0.39, 0.29) is 5.91 Å². The van der Waals surface area contributed by atoms with E-state index in [1.807, 2.05) is 25.2 Å². The van der Waals surface area contributed by atoms with Gasteiger partial charge in [0.15, 0.2) is 0 Å². The monoisotopic (exact) mass is 403 g/mol. The van der Waals surface area contributed by atoms with E-state index in [1.54, 1.807) is 0 Å². The van der Waals surface area contributed by atoms with Crippen LogP contribution in [0.5, 0.6) is 0 Å². The van der Waals surface area contributed by atoms with Crippen molar-refractivity contribution in [3.05, 3.63) is 27.1 Å². The molecule has 1 unspecified atom stereocenters. The average Bonchev–Trinajstić information content (AvgIpc) is 2.85. The molecule has 1 aliphatic rings. The summed E-state index contributed by atoms with van der Waals surface area (Å²) in [5.41, 5.74) is 0.797. The number of hydrogen-bond acceptors (Lipinski definition) is 3. The molecule has 20 heavy (non-hydrogen) atoms. The molecule has 2 rings (SSSR count). The number of nitrogens with one attached hydrogen (secondary N) is 2. The summed E-state index contributed by atoms with van der Waals surface area (Å²) < 4.78 is 1.85. The lowest BCUT2D eigenvalue weighted by atomic mass is 10.2. The maximum Gasteiger partial charge on any atom is 0.238 e. The molecule has 0 aromatic heterocycles. The SMILES string of the molecule is CN(CC(=O)Nc1ccc(Br)cc1Br)CC1CCCN1. The topological polar surface area (TPSA) is 44.4 Å². The summed E-state index contributed by atoms with van der Waals surface area (Å²) in [6, 6.07) is 6.23. The van der Waals surface area contributed by atoms with Crippen LogP contribution in [0.4, 0.5) is 5.69 Å². The number of likely N-dealkylation sites (N-methyl/N-ethyl adjacent to an activating group) is 1. The van der Waals surface area contributed by atoms with Gasteiger partial charge >= 0.3 is 0 Å². The van der Waals surface area contributed by atoms with Crippen molar-refractivity contribution in [2.45, 2.75) is 18.9 Å². The molecular weight excluding hydrogens is 386 g/mol. The maximum absolute atomic E-state index is 12.0. The highest BCUT2D eigenvalue weighted by atomic mass is 79.9. The van der Waals surface area contributed by atoms with E-state index in [4.69, 9.17) is 0 Å². The lowest BCUT2D eigenvalue weighted by Crippen LogP contribution is -2.39. The van der Waals surface area contributed by atoms with Crippen LogP contribution in [-0.4, -0.2) is 43.5 Å². The molecule has 1 aromatic rings. The third-order valence-corrected chi connectivity index (χ3v) is 4.46. The molecule has 1 saturated heterocycles. The van der Waals surface area contributed by atoms with E-state index in [2.05, 4.69) is 47.4 Å². The highest BCUT2D eigenvalue weighted by Crippen LogP contribution is 2.26. The number of carbonyl (C=O) groups excluding carboxylic acids is 1. The van der Waals surface area contributed by atoms with Gasteiger partial charge in [-0.1, -0.05) is 15.9 Å². The summed E-state index contributed by atoms with van der Waals surface area (Å²) in [7, 11) is 1.98. The lowest BCUT2D eigenvalue weighted by Gasteiger charge is -2.20. The average molecular weight is 405 g/mol. The first-order valence-electron chi connectivity index (χ1n) is 6.71. The Hall–Kier alpha value is -0.430. The van der Waals surface area contributed by atoms with Crippen LogP contribution in [0, 0.1) is 0 Å². The summed E-state index contributed by atoms with van der Waals surface area (Å²) in [4.78, 5) is 14.1. The van der Waals surface area contributed by atoms with Crippen LogP contribution in [0.25, 0.3) is 0 Å². The molecule has 0 bridgehead atoms. The van der Waals surface area contributed by atoms with E-state index >= 15 is 0 Å². The van der Waals surface area contributed by atoms with Crippen molar-refractivity contribution in [1.29, 1.82) is 0 Å². The third kappa shape index (κ3) is 4.84. The smallest absolute Gasteiger partial charge is 0.238 e. The van der Waals surface area contributed by atoms with Crippen molar-refractivity contribution >= 4 is 43.5 Å². The number of benzene rings is 1. The molecule has 110 valence electrons. The minimum Gasteiger partial charge on any atom is -0.324 e. The van der Waals surface area contributed by atoms with Crippen molar-refractivity contribution in [3.8, 4) is 0 Å². The second-order valence-corrected chi connectivity index (χ2v) is 6.93. The van der Waals surface area contributed by atoms with E-state index in [0.717, 1.165) is 27.7 Å². The van der Waals surface area contributed by atoms with Gasteiger partial charge in [-0.15, -0.1) is 0 Å². The Morgan fingerprint density at radius 3 is 2.95 bits per heavy atom. The van der Waals surface area contributed by atoms with E-state index in [0.29, 0.717) is 12.6 Å². The van der Waals surface area contributed by atoms with Crippen LogP contribution in [0.2, 0.25) is 0 Å². The summed E-state index contributed by atoms with van der Waals surface area (Å²) in [6.45, 7) is 2.41. The van der Waals surface area contributed by atoms with Crippen molar-refractivity contribution in [1.82, 2.24) is 10.2 Å². The summed E-state index contributed by atoms with van der Waals surface area (Å²) in [5, 5.41) is 6.36. The number of nitrogens with zero attached hydrogens (tertiary/aromatic N) is 1. The molecule has 1 fully saturated rings. The minimum atomic E-state index is 0.00789. The van der Waals surface area contributed by atoms with Gasteiger partial charge < -0.3 is 10.6 Å². The fraction of sp³-hybridized carbons (Fsp3) is 0.500. The maximum atomic E-state index is 12.0. The van der Waals surface area contributed by atoms with E-state index < -0.39 is 0 Å². The van der Waals surface area contributed by atoms with Crippen molar-refractivity contribution in [3.63, 3.8) is 0 Å². The molecule has 0 saturated carbocycles. The molecule has 6 heteroatoms. The van der Waals surface area contributed by atoms with Crippen LogP contribution < -0.4 is 10.6 Å². The summed E-state index contributed by atoms with van der Waals surface area (Å²) in [5.74, 6) is 0.00789. The van der Waals surface area contributed by atoms with Crippen molar-refractivity contribution in [2.75, 3.05) is 32.0 Å². The second kappa shape index (κ2) is 7.54. The summed E-state index contributed by atoms with van der Waals surface area (Å²) >= 11 is 6.84. The fourth-order valence-electron chi connectivity index (χ4n) is 2.38. The van der Waals surface area contributed by atoms with Gasteiger partial charge in [-0.05, 0) is 60.6 Å². The normalized spacial score (nSPS) is 18.5. The fourth-order valence-corrected chi connectivity index (χ4v) is 3.53. The number of amides is 1. The predicted molar refractivity (Wildman–Crippen MR) is 89.0 cm³/mol. The largest absolute Gasteiger partial charge is 0.324 e. The molecule has 4 nitrogen and oxygen atoms in total. The Morgan fingerprint density at radius 2 is 2.30 bits per heavy atom. The first-order valence-corrected chi connectivity index (χ1v) is 8.30. The van der Waals surface area contributed by atoms with E-state index in [1.165, 1.54) is 12.8 Å². The zero-order valence-electron chi connectivity index (χ0n) is 11.5. The molecule has 0 spiro atoms. The Bertz CT molecular complexity index is 475. The molecule has 1 aromatic carbocycles. The van der Waals surface area contributed by atoms with Crippen LogP contribution in [0.1, 0.15) is 12.8 Å². The first kappa shape index (κ1) is 15.9. The van der Waals surface area contributed by atoms with Crippen LogP contribution in [0.15, 0.2) is 27.1 Å². The Kier molecular flexibility index (Phi) is 6.01. The predicted octanol–water partition coefficient (Wildman–Crippen LogP) is 2.83. The van der Waals surface area contributed by atoms with Gasteiger partial charge in [0.1, 0.15) is 0 Å². The molecule has 1 aliphatic heterocycles. The number of carbonyl (C=O) groups is 1. The summed E-state index contributed by atoms with van der Waals surface area (Å²) in [6.07, 6.45) is 2.43. The Morgan fingerprint density at radius 1 is 1.50 bits per heavy atom. The Balaban J connectivity index is 1.82. The quantitative estimate of drug-likeness (QED) is 0.792. The molecule has 1 atom stereocenters. The highest BCUT2D eigenvalue weighted by molar-refractivity contribution is 9.11. The zero-order valence-corrected chi connectivity index (χ0v) is 14.6. The van der Waals surface area contributed by atoms with Crippen LogP contribution in [0.3, 0.4) is 0 Å². The number of rotatable bonds is 5. The molecule has 1 amide bonds. The molecule has 1 heterocycles. The standard InChI is InChI=1S/C14H19Br2N3O/c1-19(8-11-3-2-6-17-11)9-14(20)18-13-5-4-10(15)7-12(13)16/h4-5,7,11,17H,2-3,6,8-9H2,1H3,(H,18,20). The zero-order chi connectivity index (χ0) is 14.5. The number of halogens is 2. The van der Waals surface area contributed by atoms with Gasteiger partial charge in [-0.2, -0.15) is 0 Å². The number of hydrogen-bond donors (Lipinski definition) is 2. The minimum absolute atomic E-state index is 0.00789. The molecular formula is C14H19Br2N3O. The van der Waals surface area contributed by atoms with Gasteiger partial charge in [-0.25, -0.2) is 0 Å². The molecule has 2 N–H and O–H groups in total. The van der Waals surface area contributed by atoms with Crippen molar-refractivity contribution in [2.24, 2.45) is 0 Å². The van der Waals surface area contributed by atoms with Gasteiger partial charge in [0.05, 0.1) is 12.2 Å². The first-order chi connectivity index (χ1) is 9.54.